The van der Waals surface area contributed by atoms with E-state index in [9.17, 15) is 10.5 Å². The first kappa shape index (κ1) is 15.9. The second-order valence-electron chi connectivity index (χ2n) is 6.44. The Labute approximate surface area is 143 Å². The summed E-state index contributed by atoms with van der Waals surface area (Å²) in [5, 5.41) is 19.1. The maximum atomic E-state index is 9.61. The summed E-state index contributed by atoms with van der Waals surface area (Å²) >= 11 is 0. The molecule has 0 saturated carbocycles. The molecule has 3 rings (SSSR count). The maximum Gasteiger partial charge on any atom is 0.103 e. The lowest BCUT2D eigenvalue weighted by atomic mass is 10.0. The minimum Gasteiger partial charge on any atom is -0.351 e. The van der Waals surface area contributed by atoms with E-state index in [1.54, 1.807) is 12.1 Å². The van der Waals surface area contributed by atoms with Crippen LogP contribution in [0.4, 0.5) is 17.1 Å². The molecule has 120 valence electrons. The third kappa shape index (κ3) is 2.12. The van der Waals surface area contributed by atoms with Crippen LogP contribution in [0.3, 0.4) is 0 Å². The smallest absolute Gasteiger partial charge is 0.103 e. The number of benzene rings is 2. The number of rotatable bonds is 1. The molecule has 4 nitrogen and oxygen atoms in total. The minimum atomic E-state index is 0.0294. The van der Waals surface area contributed by atoms with Crippen LogP contribution in [-0.4, -0.2) is 13.2 Å². The largest absolute Gasteiger partial charge is 0.351 e. The van der Waals surface area contributed by atoms with Gasteiger partial charge in [-0.2, -0.15) is 10.5 Å². The van der Waals surface area contributed by atoms with Gasteiger partial charge in [-0.25, -0.2) is 0 Å². The lowest BCUT2D eigenvalue weighted by Crippen LogP contribution is -2.36. The summed E-state index contributed by atoms with van der Waals surface area (Å²) < 4.78 is 0. The van der Waals surface area contributed by atoms with Gasteiger partial charge >= 0.3 is 0 Å². The zero-order chi connectivity index (χ0) is 17.6. The van der Waals surface area contributed by atoms with Crippen LogP contribution in [0.25, 0.3) is 0 Å². The van der Waals surface area contributed by atoms with Gasteiger partial charge in [0, 0.05) is 12.7 Å². The van der Waals surface area contributed by atoms with Gasteiger partial charge in [-0.3, -0.25) is 0 Å². The van der Waals surface area contributed by atoms with E-state index in [1.807, 2.05) is 7.05 Å². The van der Waals surface area contributed by atoms with Gasteiger partial charge in [0.15, 0.2) is 0 Å². The van der Waals surface area contributed by atoms with E-state index < -0.39 is 0 Å². The SMILES string of the molecule is Cc1cc(C)c(N2c3c(C#N)ccc(C#N)c3N(C)[C@@H]2C)c(C)c1. The van der Waals surface area contributed by atoms with Crippen molar-refractivity contribution >= 4 is 17.1 Å². The van der Waals surface area contributed by atoms with Gasteiger partial charge in [-0.05, 0) is 51.0 Å². The van der Waals surface area contributed by atoms with Gasteiger partial charge in [0.05, 0.1) is 22.5 Å². The number of nitriles is 2. The van der Waals surface area contributed by atoms with Crippen molar-refractivity contribution in [3.8, 4) is 12.1 Å². The Hall–Kier alpha value is -2.98. The molecule has 24 heavy (non-hydrogen) atoms. The summed E-state index contributed by atoms with van der Waals surface area (Å²) in [7, 11) is 1.98. The fraction of sp³-hybridized carbons (Fsp3) is 0.300. The van der Waals surface area contributed by atoms with E-state index in [4.69, 9.17) is 0 Å². The molecule has 0 fully saturated rings. The minimum absolute atomic E-state index is 0.0294. The summed E-state index contributed by atoms with van der Waals surface area (Å²) in [6.07, 6.45) is 0.0294. The molecule has 0 radical (unpaired) electrons. The molecule has 0 bridgehead atoms. The van der Waals surface area contributed by atoms with Gasteiger partial charge in [-0.1, -0.05) is 17.7 Å². The molecule has 2 aromatic rings. The van der Waals surface area contributed by atoms with Crippen LogP contribution >= 0.6 is 0 Å². The van der Waals surface area contributed by atoms with Gasteiger partial charge in [0.25, 0.3) is 0 Å². The van der Waals surface area contributed by atoms with E-state index in [-0.39, 0.29) is 6.17 Å². The Morgan fingerprint density at radius 1 is 0.875 bits per heavy atom. The molecule has 1 heterocycles. The maximum absolute atomic E-state index is 9.61. The quantitative estimate of drug-likeness (QED) is 0.787. The zero-order valence-electron chi connectivity index (χ0n) is 14.7. The molecule has 4 heteroatoms. The van der Waals surface area contributed by atoms with Gasteiger partial charge < -0.3 is 9.80 Å². The highest BCUT2D eigenvalue weighted by Gasteiger charge is 2.37. The summed E-state index contributed by atoms with van der Waals surface area (Å²) in [5.41, 5.74) is 7.55. The van der Waals surface area contributed by atoms with Crippen LogP contribution in [0.5, 0.6) is 0 Å². The summed E-state index contributed by atoms with van der Waals surface area (Å²) in [4.78, 5) is 4.27. The highest BCUT2D eigenvalue weighted by Crippen LogP contribution is 2.48. The van der Waals surface area contributed by atoms with E-state index in [0.29, 0.717) is 11.1 Å². The summed E-state index contributed by atoms with van der Waals surface area (Å²) in [5.74, 6) is 0. The Morgan fingerprint density at radius 2 is 1.38 bits per heavy atom. The predicted octanol–water partition coefficient (Wildman–Crippen LogP) is 4.29. The van der Waals surface area contributed by atoms with Crippen molar-refractivity contribution in [2.24, 2.45) is 0 Å². The first-order valence-corrected chi connectivity index (χ1v) is 7.97. The molecule has 1 aliphatic rings. The van der Waals surface area contributed by atoms with Crippen molar-refractivity contribution in [2.75, 3.05) is 16.8 Å². The third-order valence-corrected chi connectivity index (χ3v) is 4.80. The van der Waals surface area contributed by atoms with E-state index in [0.717, 1.165) is 17.1 Å². The van der Waals surface area contributed by atoms with Crippen molar-refractivity contribution in [1.29, 1.82) is 10.5 Å². The molecule has 0 unspecified atom stereocenters. The van der Waals surface area contributed by atoms with Gasteiger partial charge in [-0.15, -0.1) is 0 Å². The lowest BCUT2D eigenvalue weighted by molar-refractivity contribution is 0.730. The Kier molecular flexibility index (Phi) is 3.70. The first-order valence-electron chi connectivity index (χ1n) is 7.97. The van der Waals surface area contributed by atoms with Crippen LogP contribution in [-0.2, 0) is 0 Å². The van der Waals surface area contributed by atoms with E-state index in [1.165, 1.54) is 16.7 Å². The van der Waals surface area contributed by atoms with Gasteiger partial charge in [0.1, 0.15) is 18.3 Å². The first-order chi connectivity index (χ1) is 11.4. The standard InChI is InChI=1S/C20H20N4/c1-12-8-13(2)18(14(3)9-12)24-15(4)23(5)19-16(10-21)6-7-17(11-22)20(19)24/h6-9,15H,1-5H3/t15-/m0/s1. The summed E-state index contributed by atoms with van der Waals surface area (Å²) in [6.45, 7) is 8.38. The fourth-order valence-electron chi connectivity index (χ4n) is 3.76. The van der Waals surface area contributed by atoms with Crippen molar-refractivity contribution < 1.29 is 0 Å². The second-order valence-corrected chi connectivity index (χ2v) is 6.44. The monoisotopic (exact) mass is 316 g/mol. The molecule has 2 aromatic carbocycles. The molecule has 1 aliphatic heterocycles. The van der Waals surface area contributed by atoms with Crippen molar-refractivity contribution in [1.82, 2.24) is 0 Å². The molecular formula is C20H20N4. The summed E-state index contributed by atoms with van der Waals surface area (Å²) in [6, 6.07) is 12.4. The molecule has 0 amide bonds. The molecule has 0 aromatic heterocycles. The molecule has 0 aliphatic carbocycles. The average Bonchev–Trinajstić information content (AvgIpc) is 2.79. The third-order valence-electron chi connectivity index (χ3n) is 4.80. The van der Waals surface area contributed by atoms with Crippen LogP contribution in [0.1, 0.15) is 34.7 Å². The average molecular weight is 316 g/mol. The normalized spacial score (nSPS) is 15.9. The number of hydrogen-bond acceptors (Lipinski definition) is 4. The highest BCUT2D eigenvalue weighted by atomic mass is 15.4. The number of nitrogens with zero attached hydrogens (tertiary/aromatic N) is 4. The second kappa shape index (κ2) is 5.58. The van der Waals surface area contributed by atoms with Crippen LogP contribution in [0.15, 0.2) is 24.3 Å². The Morgan fingerprint density at radius 3 is 1.88 bits per heavy atom. The lowest BCUT2D eigenvalue weighted by Gasteiger charge is -2.30. The highest BCUT2D eigenvalue weighted by molar-refractivity contribution is 5.92. The van der Waals surface area contributed by atoms with Crippen LogP contribution in [0, 0.1) is 43.4 Å². The number of fused-ring (bicyclic) bond motifs is 1. The molecule has 0 saturated heterocycles. The zero-order valence-corrected chi connectivity index (χ0v) is 14.7. The number of anilines is 3. The number of hydrogen-bond donors (Lipinski definition) is 0. The predicted molar refractivity (Wildman–Crippen MR) is 96.5 cm³/mol. The fourth-order valence-corrected chi connectivity index (χ4v) is 3.76. The van der Waals surface area contributed by atoms with E-state index >= 15 is 0 Å². The topological polar surface area (TPSA) is 54.1 Å². The van der Waals surface area contributed by atoms with Crippen molar-refractivity contribution in [3.05, 3.63) is 52.1 Å². The van der Waals surface area contributed by atoms with Crippen LogP contribution in [0.2, 0.25) is 0 Å². The van der Waals surface area contributed by atoms with Crippen molar-refractivity contribution in [3.63, 3.8) is 0 Å². The molecular weight excluding hydrogens is 296 g/mol. The van der Waals surface area contributed by atoms with E-state index in [2.05, 4.69) is 61.8 Å². The van der Waals surface area contributed by atoms with Gasteiger partial charge in [0.2, 0.25) is 0 Å². The molecule has 1 atom stereocenters. The Bertz CT molecular complexity index is 891. The number of aryl methyl sites for hydroxylation is 3. The molecule has 0 N–H and O–H groups in total. The van der Waals surface area contributed by atoms with Crippen LogP contribution < -0.4 is 9.80 Å². The Balaban J connectivity index is 2.36. The van der Waals surface area contributed by atoms with Crippen molar-refractivity contribution in [2.45, 2.75) is 33.9 Å². The molecule has 0 spiro atoms.